The minimum absolute atomic E-state index is 0.125. The summed E-state index contributed by atoms with van der Waals surface area (Å²) < 4.78 is 38.7. The van der Waals surface area contributed by atoms with Crippen LogP contribution in [0.3, 0.4) is 0 Å². The van der Waals surface area contributed by atoms with Gasteiger partial charge in [-0.1, -0.05) is 18.2 Å². The van der Waals surface area contributed by atoms with Crippen LogP contribution in [0.5, 0.6) is 0 Å². The molecule has 2 N–H and O–H groups in total. The number of rotatable bonds is 5. The Balaban J connectivity index is 1.54. The van der Waals surface area contributed by atoms with Crippen LogP contribution in [0.2, 0.25) is 0 Å². The molecule has 0 heterocycles. The molecule has 0 unspecified atom stereocenters. The fourth-order valence-corrected chi connectivity index (χ4v) is 3.56. The fourth-order valence-electron chi connectivity index (χ4n) is 2.80. The van der Waals surface area contributed by atoms with Gasteiger partial charge < -0.3 is 0 Å². The number of carbonyl (C=O) groups is 1. The van der Waals surface area contributed by atoms with Crippen molar-refractivity contribution in [1.29, 1.82) is 0 Å². The third-order valence-corrected chi connectivity index (χ3v) is 5.00. The van der Waals surface area contributed by atoms with E-state index in [-0.39, 0.29) is 17.3 Å². The lowest BCUT2D eigenvalue weighted by atomic mass is 10.1. The van der Waals surface area contributed by atoms with Crippen LogP contribution in [0.25, 0.3) is 0 Å². The Kier molecular flexibility index (Phi) is 5.22. The van der Waals surface area contributed by atoms with Crippen LogP contribution in [-0.4, -0.2) is 11.7 Å². The minimum Gasteiger partial charge on any atom is -0.298 e. The molecule has 7 heteroatoms. The van der Waals surface area contributed by atoms with E-state index in [1.807, 2.05) is 6.07 Å². The standard InChI is InChI=1S/C18H17F3N2OS/c19-18(20,21)15-6-1-2-7-16(15)22-23-17(24)11-25-14-9-8-12-4-3-5-13(12)10-14/h1-2,6-10,22H,3-5,11H2,(H,23,24). The maximum absolute atomic E-state index is 12.9. The average molecular weight is 366 g/mol. The zero-order valence-electron chi connectivity index (χ0n) is 13.3. The Labute approximate surface area is 148 Å². The van der Waals surface area contributed by atoms with Crippen molar-refractivity contribution in [2.45, 2.75) is 30.3 Å². The smallest absolute Gasteiger partial charge is 0.298 e. The zero-order chi connectivity index (χ0) is 17.9. The largest absolute Gasteiger partial charge is 0.418 e. The highest BCUT2D eigenvalue weighted by atomic mass is 32.2. The molecule has 0 radical (unpaired) electrons. The van der Waals surface area contributed by atoms with E-state index >= 15 is 0 Å². The summed E-state index contributed by atoms with van der Waals surface area (Å²) in [6.45, 7) is 0. The van der Waals surface area contributed by atoms with Gasteiger partial charge in [0.25, 0.3) is 0 Å². The van der Waals surface area contributed by atoms with Crippen molar-refractivity contribution in [3.8, 4) is 0 Å². The first-order valence-electron chi connectivity index (χ1n) is 7.89. The van der Waals surface area contributed by atoms with Gasteiger partial charge in [0.15, 0.2) is 0 Å². The van der Waals surface area contributed by atoms with Crippen molar-refractivity contribution in [2.75, 3.05) is 11.2 Å². The first-order chi connectivity index (χ1) is 11.9. The lowest BCUT2D eigenvalue weighted by Crippen LogP contribution is -2.31. The second-order valence-corrected chi connectivity index (χ2v) is 6.84. The summed E-state index contributed by atoms with van der Waals surface area (Å²) in [7, 11) is 0. The van der Waals surface area contributed by atoms with E-state index in [9.17, 15) is 18.0 Å². The lowest BCUT2D eigenvalue weighted by Gasteiger charge is -2.14. The van der Waals surface area contributed by atoms with Crippen molar-refractivity contribution in [3.63, 3.8) is 0 Å². The SMILES string of the molecule is O=C(CSc1ccc2c(c1)CCC2)NNc1ccccc1C(F)(F)F. The molecule has 1 aliphatic carbocycles. The van der Waals surface area contributed by atoms with Crippen LogP contribution in [0, 0.1) is 0 Å². The van der Waals surface area contributed by atoms with E-state index in [1.165, 1.54) is 41.1 Å². The molecule has 2 aromatic carbocycles. The fraction of sp³-hybridized carbons (Fsp3) is 0.278. The molecule has 0 aliphatic heterocycles. The van der Waals surface area contributed by atoms with Gasteiger partial charge in [0.1, 0.15) is 0 Å². The molecule has 0 atom stereocenters. The second-order valence-electron chi connectivity index (χ2n) is 5.79. The van der Waals surface area contributed by atoms with Crippen LogP contribution in [-0.2, 0) is 23.8 Å². The van der Waals surface area contributed by atoms with E-state index in [0.29, 0.717) is 0 Å². The molecule has 0 fully saturated rings. The van der Waals surface area contributed by atoms with Gasteiger partial charge in [0, 0.05) is 4.90 Å². The maximum Gasteiger partial charge on any atom is 0.418 e. The predicted molar refractivity (Wildman–Crippen MR) is 92.4 cm³/mol. The van der Waals surface area contributed by atoms with E-state index < -0.39 is 11.7 Å². The number of carbonyl (C=O) groups excluding carboxylic acids is 1. The number of anilines is 1. The van der Waals surface area contributed by atoms with Gasteiger partial charge in [-0.3, -0.25) is 15.6 Å². The van der Waals surface area contributed by atoms with Gasteiger partial charge >= 0.3 is 6.18 Å². The van der Waals surface area contributed by atoms with Crippen molar-refractivity contribution >= 4 is 23.4 Å². The number of thioether (sulfide) groups is 1. The highest BCUT2D eigenvalue weighted by molar-refractivity contribution is 8.00. The van der Waals surface area contributed by atoms with Gasteiger partial charge in [0.2, 0.25) is 5.91 Å². The number of hydrazine groups is 1. The molecule has 1 amide bonds. The molecule has 132 valence electrons. The van der Waals surface area contributed by atoms with Crippen LogP contribution in [0.4, 0.5) is 18.9 Å². The Morgan fingerprint density at radius 3 is 2.64 bits per heavy atom. The number of nitrogens with one attached hydrogen (secondary N) is 2. The molecule has 1 aliphatic rings. The van der Waals surface area contributed by atoms with Crippen molar-refractivity contribution < 1.29 is 18.0 Å². The Morgan fingerprint density at radius 1 is 1.08 bits per heavy atom. The molecule has 0 bridgehead atoms. The van der Waals surface area contributed by atoms with Crippen molar-refractivity contribution in [2.24, 2.45) is 0 Å². The van der Waals surface area contributed by atoms with Crippen LogP contribution >= 0.6 is 11.8 Å². The first-order valence-corrected chi connectivity index (χ1v) is 8.88. The summed E-state index contributed by atoms with van der Waals surface area (Å²) >= 11 is 1.37. The maximum atomic E-state index is 12.9. The van der Waals surface area contributed by atoms with Gasteiger partial charge in [-0.2, -0.15) is 13.2 Å². The Hall–Kier alpha value is -2.15. The number of para-hydroxylation sites is 1. The van der Waals surface area contributed by atoms with Crippen LogP contribution in [0.15, 0.2) is 47.4 Å². The van der Waals surface area contributed by atoms with E-state index in [4.69, 9.17) is 0 Å². The third kappa shape index (κ3) is 4.48. The molecular formula is C18H17F3N2OS. The summed E-state index contributed by atoms with van der Waals surface area (Å²) in [6, 6.07) is 11.2. The van der Waals surface area contributed by atoms with E-state index in [1.54, 1.807) is 0 Å². The van der Waals surface area contributed by atoms with E-state index in [0.717, 1.165) is 30.2 Å². The predicted octanol–water partition coefficient (Wildman–Crippen LogP) is 4.43. The summed E-state index contributed by atoms with van der Waals surface area (Å²) in [4.78, 5) is 12.9. The van der Waals surface area contributed by atoms with Crippen LogP contribution in [0.1, 0.15) is 23.1 Å². The first kappa shape index (κ1) is 17.7. The monoisotopic (exact) mass is 366 g/mol. The van der Waals surface area contributed by atoms with E-state index in [2.05, 4.69) is 23.0 Å². The number of fused-ring (bicyclic) bond motifs is 1. The average Bonchev–Trinajstić information content (AvgIpc) is 3.05. The number of halogens is 3. The van der Waals surface area contributed by atoms with Crippen LogP contribution < -0.4 is 10.9 Å². The second kappa shape index (κ2) is 7.39. The topological polar surface area (TPSA) is 41.1 Å². The summed E-state index contributed by atoms with van der Waals surface area (Å²) in [5, 5.41) is 0. The number of amides is 1. The highest BCUT2D eigenvalue weighted by Gasteiger charge is 2.33. The lowest BCUT2D eigenvalue weighted by molar-refractivity contribution is -0.137. The van der Waals surface area contributed by atoms with Gasteiger partial charge in [-0.25, -0.2) is 0 Å². The number of alkyl halides is 3. The molecule has 0 saturated heterocycles. The molecule has 3 nitrogen and oxygen atoms in total. The molecule has 2 aromatic rings. The molecular weight excluding hydrogens is 349 g/mol. The molecule has 0 saturated carbocycles. The normalized spacial score (nSPS) is 13.4. The zero-order valence-corrected chi connectivity index (χ0v) is 14.1. The highest BCUT2D eigenvalue weighted by Crippen LogP contribution is 2.34. The third-order valence-electron chi connectivity index (χ3n) is 4.01. The molecule has 0 aromatic heterocycles. The summed E-state index contributed by atoms with van der Waals surface area (Å²) in [5.41, 5.74) is 6.38. The quantitative estimate of drug-likeness (QED) is 0.608. The summed E-state index contributed by atoms with van der Waals surface area (Å²) in [5.74, 6) is -0.262. The Bertz CT molecular complexity index is 777. The number of benzene rings is 2. The van der Waals surface area contributed by atoms with Gasteiger partial charge in [0.05, 0.1) is 17.0 Å². The Morgan fingerprint density at radius 2 is 1.84 bits per heavy atom. The molecule has 25 heavy (non-hydrogen) atoms. The minimum atomic E-state index is -4.48. The van der Waals surface area contributed by atoms with Gasteiger partial charge in [-0.15, -0.1) is 11.8 Å². The number of hydrogen-bond acceptors (Lipinski definition) is 3. The van der Waals surface area contributed by atoms with Crippen molar-refractivity contribution in [3.05, 3.63) is 59.2 Å². The van der Waals surface area contributed by atoms with Gasteiger partial charge in [-0.05, 0) is 54.7 Å². The number of hydrogen-bond donors (Lipinski definition) is 2. The number of aryl methyl sites for hydroxylation is 2. The summed E-state index contributed by atoms with van der Waals surface area (Å²) in [6.07, 6.45) is -1.16. The molecule has 3 rings (SSSR count). The van der Waals surface area contributed by atoms with Crippen molar-refractivity contribution in [1.82, 2.24) is 5.43 Å². The molecule has 0 spiro atoms.